The molecule has 2 aromatic carbocycles. The molecule has 1 atom stereocenters. The maximum Gasteiger partial charge on any atom is 0.323 e. The van der Waals surface area contributed by atoms with E-state index in [-0.39, 0.29) is 11.4 Å². The maximum atomic E-state index is 12.8. The number of aromatic nitrogens is 2. The molecule has 0 fully saturated rings. The van der Waals surface area contributed by atoms with Crippen molar-refractivity contribution < 1.29 is 24.0 Å². The van der Waals surface area contributed by atoms with E-state index in [4.69, 9.17) is 0 Å². The number of H-pyrrole nitrogens is 1. The third kappa shape index (κ3) is 4.36. The predicted octanol–water partition coefficient (Wildman–Crippen LogP) is 1.91. The summed E-state index contributed by atoms with van der Waals surface area (Å²) in [7, 11) is 1.01. The second-order valence-electron chi connectivity index (χ2n) is 6.98. The van der Waals surface area contributed by atoms with Crippen molar-refractivity contribution in [2.45, 2.75) is 19.8 Å². The van der Waals surface area contributed by atoms with E-state index >= 15 is 0 Å². The van der Waals surface area contributed by atoms with Gasteiger partial charge in [0.05, 0.1) is 23.1 Å². The number of methoxy groups -OCH3 is 1. The molecule has 32 heavy (non-hydrogen) atoms. The molecular formula is C21H18N4O7. The molecule has 1 aromatic heterocycles. The van der Waals surface area contributed by atoms with Crippen LogP contribution in [0, 0.1) is 24.0 Å². The minimum absolute atomic E-state index is 0.0871. The summed E-state index contributed by atoms with van der Waals surface area (Å²) < 4.78 is 4.63. The van der Waals surface area contributed by atoms with E-state index < -0.39 is 39.8 Å². The summed E-state index contributed by atoms with van der Waals surface area (Å²) in [5.41, 5.74) is 1.12. The number of nitrogens with one attached hydrogen (secondary N) is 2. The first kappa shape index (κ1) is 22.3. The quantitative estimate of drug-likeness (QED) is 0.194. The Hall–Kier alpha value is -4.41. The van der Waals surface area contributed by atoms with Gasteiger partial charge in [0.1, 0.15) is 5.69 Å². The molecule has 0 saturated heterocycles. The fourth-order valence-corrected chi connectivity index (χ4v) is 3.01. The number of hydrogen-bond acceptors (Lipinski definition) is 8. The lowest BCUT2D eigenvalue weighted by molar-refractivity contribution is -0.384. The fraction of sp³-hybridized carbons (Fsp3) is 0.190. The van der Waals surface area contributed by atoms with Crippen molar-refractivity contribution in [2.75, 3.05) is 12.4 Å². The Kier molecular flexibility index (Phi) is 6.10. The van der Waals surface area contributed by atoms with Gasteiger partial charge >= 0.3 is 5.97 Å². The number of anilines is 1. The van der Waals surface area contributed by atoms with Crippen LogP contribution in [0.1, 0.15) is 22.7 Å². The lowest BCUT2D eigenvalue weighted by atomic mass is 9.99. The number of amides is 1. The highest BCUT2D eigenvalue weighted by Crippen LogP contribution is 2.20. The van der Waals surface area contributed by atoms with Crippen molar-refractivity contribution in [2.24, 2.45) is 0 Å². The summed E-state index contributed by atoms with van der Waals surface area (Å²) in [4.78, 5) is 67.1. The van der Waals surface area contributed by atoms with Crippen LogP contribution in [-0.4, -0.2) is 39.7 Å². The van der Waals surface area contributed by atoms with Crippen LogP contribution >= 0.6 is 0 Å². The van der Waals surface area contributed by atoms with Gasteiger partial charge in [0, 0.05) is 17.8 Å². The highest BCUT2D eigenvalue weighted by molar-refractivity contribution is 6.45. The largest absolute Gasteiger partial charge is 0.468 e. The molecule has 3 rings (SSSR count). The highest BCUT2D eigenvalue weighted by Gasteiger charge is 2.37. The number of Topliss-reactive ketones (excluding diaryl/α,β-unsaturated/α-hetero) is 1. The van der Waals surface area contributed by atoms with E-state index in [2.05, 4.69) is 20.0 Å². The first-order valence-corrected chi connectivity index (χ1v) is 9.31. The number of fused-ring (bicyclic) bond motifs is 1. The van der Waals surface area contributed by atoms with Gasteiger partial charge in [-0.1, -0.05) is 0 Å². The van der Waals surface area contributed by atoms with Gasteiger partial charge in [-0.05, 0) is 49.2 Å². The molecule has 1 heterocycles. The average Bonchev–Trinajstić information content (AvgIpc) is 2.75. The Bertz CT molecular complexity index is 1310. The molecule has 0 unspecified atom stereocenters. The van der Waals surface area contributed by atoms with E-state index in [1.165, 1.54) is 12.1 Å². The third-order valence-corrected chi connectivity index (χ3v) is 4.87. The van der Waals surface area contributed by atoms with Gasteiger partial charge in [0.15, 0.2) is 5.92 Å². The number of rotatable bonds is 6. The zero-order valence-corrected chi connectivity index (χ0v) is 17.3. The maximum absolute atomic E-state index is 12.8. The van der Waals surface area contributed by atoms with Crippen molar-refractivity contribution in [1.82, 2.24) is 9.97 Å². The van der Waals surface area contributed by atoms with Crippen LogP contribution in [0.15, 0.2) is 41.2 Å². The number of hydrogen-bond donors (Lipinski definition) is 2. The Morgan fingerprint density at radius 3 is 2.34 bits per heavy atom. The van der Waals surface area contributed by atoms with Gasteiger partial charge in [-0.15, -0.1) is 0 Å². The first-order chi connectivity index (χ1) is 15.1. The number of nitro groups is 1. The molecule has 0 aliphatic carbocycles. The molecule has 11 nitrogen and oxygen atoms in total. The molecule has 0 bridgehead atoms. The average molecular weight is 438 g/mol. The monoisotopic (exact) mass is 438 g/mol. The molecule has 1 amide bonds. The van der Waals surface area contributed by atoms with Crippen LogP contribution in [-0.2, 0) is 19.1 Å². The number of ether oxygens (including phenoxy) is 1. The standard InChI is InChI=1S/C21H18N4O7/c1-10-8-14-15(9-11(10)2)24-19(27)17(23-14)16(21(29)32-3)18(26)20(28)22-12-4-6-13(7-5-12)25(30)31/h4-9,16H,1-3H3,(H,22,28)(H,24,27)/t16-/m0/s1. The molecule has 0 spiro atoms. The number of esters is 1. The van der Waals surface area contributed by atoms with Crippen molar-refractivity contribution in [3.05, 3.63) is 73.7 Å². The normalized spacial score (nSPS) is 11.6. The van der Waals surface area contributed by atoms with Gasteiger partial charge < -0.3 is 15.0 Å². The second-order valence-corrected chi connectivity index (χ2v) is 6.98. The topological polar surface area (TPSA) is 161 Å². The summed E-state index contributed by atoms with van der Waals surface area (Å²) >= 11 is 0. The summed E-state index contributed by atoms with van der Waals surface area (Å²) in [6.45, 7) is 3.69. The zero-order valence-electron chi connectivity index (χ0n) is 17.3. The second kappa shape index (κ2) is 8.76. The van der Waals surface area contributed by atoms with Gasteiger partial charge in [-0.2, -0.15) is 0 Å². The van der Waals surface area contributed by atoms with Crippen LogP contribution < -0.4 is 10.9 Å². The zero-order chi connectivity index (χ0) is 23.6. The number of nitrogens with zero attached hydrogens (tertiary/aromatic N) is 2. The Labute approximate surface area is 180 Å². The number of ketones is 1. The van der Waals surface area contributed by atoms with Crippen LogP contribution in [0.2, 0.25) is 0 Å². The van der Waals surface area contributed by atoms with Crippen LogP contribution in [0.25, 0.3) is 11.0 Å². The molecule has 0 radical (unpaired) electrons. The number of non-ortho nitro benzene ring substituents is 1. The minimum Gasteiger partial charge on any atom is -0.468 e. The molecule has 11 heteroatoms. The number of carbonyl (C=O) groups excluding carboxylic acids is 3. The van der Waals surface area contributed by atoms with Crippen LogP contribution in [0.3, 0.4) is 0 Å². The van der Waals surface area contributed by atoms with Crippen molar-refractivity contribution in [1.29, 1.82) is 0 Å². The number of aryl methyl sites for hydroxylation is 2. The molecular weight excluding hydrogens is 420 g/mol. The van der Waals surface area contributed by atoms with Gasteiger partial charge in [0.2, 0.25) is 5.78 Å². The van der Waals surface area contributed by atoms with E-state index in [0.717, 1.165) is 30.4 Å². The molecule has 3 aromatic rings. The van der Waals surface area contributed by atoms with Gasteiger partial charge in [-0.3, -0.25) is 29.3 Å². The van der Waals surface area contributed by atoms with E-state index in [9.17, 15) is 29.3 Å². The molecule has 0 aliphatic heterocycles. The summed E-state index contributed by atoms with van der Waals surface area (Å²) in [5, 5.41) is 13.0. The first-order valence-electron chi connectivity index (χ1n) is 9.31. The van der Waals surface area contributed by atoms with Gasteiger partial charge in [-0.25, -0.2) is 4.98 Å². The van der Waals surface area contributed by atoms with Crippen molar-refractivity contribution >= 4 is 40.1 Å². The minimum atomic E-state index is -1.90. The van der Waals surface area contributed by atoms with E-state index in [1.807, 2.05) is 13.8 Å². The van der Waals surface area contributed by atoms with Gasteiger partial charge in [0.25, 0.3) is 17.2 Å². The number of aromatic amines is 1. The Morgan fingerprint density at radius 1 is 1.12 bits per heavy atom. The Morgan fingerprint density at radius 2 is 1.75 bits per heavy atom. The fourth-order valence-electron chi connectivity index (χ4n) is 3.01. The highest BCUT2D eigenvalue weighted by atomic mass is 16.6. The molecule has 0 saturated carbocycles. The van der Waals surface area contributed by atoms with E-state index in [1.54, 1.807) is 12.1 Å². The summed E-state index contributed by atoms with van der Waals surface area (Å²) in [6, 6.07) is 8.11. The Balaban J connectivity index is 1.98. The number of carbonyl (C=O) groups is 3. The lowest BCUT2D eigenvalue weighted by Gasteiger charge is -2.13. The molecule has 0 aliphatic rings. The summed E-state index contributed by atoms with van der Waals surface area (Å²) in [6.07, 6.45) is 0. The number of nitro benzene ring substituents is 1. The van der Waals surface area contributed by atoms with E-state index in [0.29, 0.717) is 11.0 Å². The van der Waals surface area contributed by atoms with Crippen LogP contribution in [0.4, 0.5) is 11.4 Å². The van der Waals surface area contributed by atoms with Crippen LogP contribution in [0.5, 0.6) is 0 Å². The van der Waals surface area contributed by atoms with Crippen molar-refractivity contribution in [3.8, 4) is 0 Å². The third-order valence-electron chi connectivity index (χ3n) is 4.87. The smallest absolute Gasteiger partial charge is 0.323 e. The number of benzene rings is 2. The lowest BCUT2D eigenvalue weighted by Crippen LogP contribution is -2.37. The summed E-state index contributed by atoms with van der Waals surface area (Å²) in [5.74, 6) is -5.50. The molecule has 164 valence electrons. The predicted molar refractivity (Wildman–Crippen MR) is 113 cm³/mol. The molecule has 2 N–H and O–H groups in total. The van der Waals surface area contributed by atoms with Crippen molar-refractivity contribution in [3.63, 3.8) is 0 Å². The SMILES string of the molecule is COC(=O)[C@H](C(=O)C(=O)Nc1ccc([N+](=O)[O-])cc1)c1nc2cc(C)c(C)cc2[nH]c1=O.